The highest BCUT2D eigenvalue weighted by molar-refractivity contribution is 5.81. The number of aromatic nitrogens is 4. The maximum Gasteiger partial charge on any atom is 0.416 e. The zero-order valence-corrected chi connectivity index (χ0v) is 17.6. The predicted octanol–water partition coefficient (Wildman–Crippen LogP) is 5.15. The monoisotopic (exact) mass is 455 g/mol. The third-order valence-electron chi connectivity index (χ3n) is 4.99. The van der Waals surface area contributed by atoms with Crippen molar-refractivity contribution >= 4 is 17.0 Å². The van der Waals surface area contributed by atoms with Crippen molar-refractivity contribution in [3.05, 3.63) is 71.8 Å². The average Bonchev–Trinajstić information content (AvgIpc) is 2.80. The number of ether oxygens (including phenoxy) is 1. The summed E-state index contributed by atoms with van der Waals surface area (Å²) in [6.45, 7) is 2.31. The van der Waals surface area contributed by atoms with Crippen molar-refractivity contribution in [1.29, 1.82) is 0 Å². The highest BCUT2D eigenvalue weighted by Crippen LogP contribution is 2.37. The molecule has 2 aromatic carbocycles. The number of aryl methyl sites for hydroxylation is 1. The van der Waals surface area contributed by atoms with Crippen LogP contribution >= 0.6 is 0 Å². The summed E-state index contributed by atoms with van der Waals surface area (Å²) in [4.78, 5) is 16.6. The number of rotatable bonds is 7. The maximum atomic E-state index is 13.1. The first-order valence-electron chi connectivity index (χ1n) is 10.2. The van der Waals surface area contributed by atoms with Crippen LogP contribution < -0.4 is 10.1 Å². The normalized spacial score (nSPS) is 11.5. The van der Waals surface area contributed by atoms with Crippen LogP contribution in [0.2, 0.25) is 0 Å². The van der Waals surface area contributed by atoms with E-state index in [1.807, 2.05) is 6.92 Å². The molecule has 0 unspecified atom stereocenters. The summed E-state index contributed by atoms with van der Waals surface area (Å²) in [5.41, 5.74) is 1.64. The van der Waals surface area contributed by atoms with Gasteiger partial charge in [-0.2, -0.15) is 13.2 Å². The fraction of sp³-hybridized carbons (Fsp3) is 0.217. The second-order valence-corrected chi connectivity index (χ2v) is 7.21. The summed E-state index contributed by atoms with van der Waals surface area (Å²) in [6.07, 6.45) is 1.05. The quantitative estimate of drug-likeness (QED) is 0.398. The Hall–Kier alpha value is -3.95. The van der Waals surface area contributed by atoms with Crippen LogP contribution in [0.3, 0.4) is 0 Å². The molecule has 0 spiro atoms. The lowest BCUT2D eigenvalue weighted by molar-refractivity contribution is -0.137. The van der Waals surface area contributed by atoms with Gasteiger partial charge in [0.2, 0.25) is 0 Å². The van der Waals surface area contributed by atoms with Gasteiger partial charge in [-0.3, -0.25) is 0 Å². The van der Waals surface area contributed by atoms with Gasteiger partial charge >= 0.3 is 6.18 Å². The minimum absolute atomic E-state index is 0.0637. The van der Waals surface area contributed by atoms with Gasteiger partial charge in [-0.05, 0) is 48.2 Å². The molecule has 0 amide bonds. The van der Waals surface area contributed by atoms with Crippen molar-refractivity contribution in [3.8, 4) is 17.2 Å². The standard InChI is InChI=1S/C23H20F3N5O2/c1-2-15-4-5-16(23(24,25)26)12-19(15)33-18-6-3-14(11-17(18)32)7-8-28-21-20-22(31-13-30-21)29-10-9-27-20/h3-6,9-13,32H,2,7-8H2,1H3,(H,28,29,30,31). The van der Waals surface area contributed by atoms with E-state index < -0.39 is 11.7 Å². The van der Waals surface area contributed by atoms with Gasteiger partial charge in [0.05, 0.1) is 5.56 Å². The van der Waals surface area contributed by atoms with Gasteiger partial charge in [0.15, 0.2) is 23.0 Å². The SMILES string of the molecule is CCc1ccc(C(F)(F)F)cc1Oc1ccc(CCNc2ncnc3nccnc23)cc1O. The lowest BCUT2D eigenvalue weighted by Crippen LogP contribution is -2.08. The zero-order valence-electron chi connectivity index (χ0n) is 17.6. The molecule has 4 aromatic rings. The maximum absolute atomic E-state index is 13.1. The smallest absolute Gasteiger partial charge is 0.416 e. The number of nitrogens with zero attached hydrogens (tertiary/aromatic N) is 4. The molecule has 170 valence electrons. The number of anilines is 1. The molecule has 0 aliphatic heterocycles. The van der Waals surface area contributed by atoms with Gasteiger partial charge < -0.3 is 15.2 Å². The summed E-state index contributed by atoms with van der Waals surface area (Å²) < 4.78 is 44.9. The molecule has 0 radical (unpaired) electrons. The summed E-state index contributed by atoms with van der Waals surface area (Å²) in [5.74, 6) is 0.533. The molecule has 2 aromatic heterocycles. The fourth-order valence-corrected chi connectivity index (χ4v) is 3.29. The summed E-state index contributed by atoms with van der Waals surface area (Å²) >= 11 is 0. The Morgan fingerprint density at radius 3 is 2.55 bits per heavy atom. The molecule has 0 saturated carbocycles. The number of nitrogens with one attached hydrogen (secondary N) is 1. The van der Waals surface area contributed by atoms with Crippen molar-refractivity contribution in [2.45, 2.75) is 25.9 Å². The molecule has 33 heavy (non-hydrogen) atoms. The van der Waals surface area contributed by atoms with Crippen molar-refractivity contribution in [1.82, 2.24) is 19.9 Å². The largest absolute Gasteiger partial charge is 0.504 e. The second-order valence-electron chi connectivity index (χ2n) is 7.21. The Bertz CT molecular complexity index is 1280. The number of alkyl halides is 3. The van der Waals surface area contributed by atoms with E-state index in [2.05, 4.69) is 25.3 Å². The van der Waals surface area contributed by atoms with E-state index in [-0.39, 0.29) is 17.2 Å². The van der Waals surface area contributed by atoms with Gasteiger partial charge in [-0.25, -0.2) is 19.9 Å². The molecule has 0 atom stereocenters. The lowest BCUT2D eigenvalue weighted by atomic mass is 10.1. The Kier molecular flexibility index (Phi) is 6.25. The van der Waals surface area contributed by atoms with E-state index >= 15 is 0 Å². The minimum Gasteiger partial charge on any atom is -0.504 e. The number of phenols is 1. The summed E-state index contributed by atoms with van der Waals surface area (Å²) in [7, 11) is 0. The van der Waals surface area contributed by atoms with Crippen molar-refractivity contribution in [3.63, 3.8) is 0 Å². The average molecular weight is 455 g/mol. The second kappa shape index (κ2) is 9.27. The molecule has 4 rings (SSSR count). The molecule has 2 heterocycles. The Morgan fingerprint density at radius 2 is 1.79 bits per heavy atom. The molecule has 0 bridgehead atoms. The first kappa shape index (κ1) is 22.3. The molecule has 10 heteroatoms. The predicted molar refractivity (Wildman–Crippen MR) is 116 cm³/mol. The first-order valence-corrected chi connectivity index (χ1v) is 10.2. The number of phenolic OH excluding ortho intramolecular Hbond substituents is 1. The third kappa shape index (κ3) is 5.11. The topological polar surface area (TPSA) is 93.0 Å². The van der Waals surface area contributed by atoms with Crippen molar-refractivity contribution < 1.29 is 23.0 Å². The van der Waals surface area contributed by atoms with Crippen LogP contribution in [0.5, 0.6) is 17.2 Å². The third-order valence-corrected chi connectivity index (χ3v) is 4.99. The number of fused-ring (bicyclic) bond motifs is 1. The Labute approximate surface area is 187 Å². The van der Waals surface area contributed by atoms with Gasteiger partial charge in [-0.15, -0.1) is 0 Å². The number of hydrogen-bond acceptors (Lipinski definition) is 7. The van der Waals surface area contributed by atoms with Crippen LogP contribution in [-0.4, -0.2) is 31.6 Å². The van der Waals surface area contributed by atoms with Gasteiger partial charge in [0.1, 0.15) is 17.6 Å². The van der Waals surface area contributed by atoms with E-state index in [1.165, 1.54) is 24.5 Å². The first-order chi connectivity index (χ1) is 15.8. The number of aromatic hydroxyl groups is 1. The number of hydrogen-bond donors (Lipinski definition) is 2. The Morgan fingerprint density at radius 1 is 0.970 bits per heavy atom. The molecule has 0 aliphatic rings. The Balaban J connectivity index is 1.45. The molecule has 7 nitrogen and oxygen atoms in total. The van der Waals surface area contributed by atoms with Crippen LogP contribution in [0, 0.1) is 0 Å². The molecular formula is C23H20F3N5O2. The number of halogens is 3. The fourth-order valence-electron chi connectivity index (χ4n) is 3.29. The van der Waals surface area contributed by atoms with Crippen molar-refractivity contribution in [2.75, 3.05) is 11.9 Å². The zero-order chi connectivity index (χ0) is 23.4. The van der Waals surface area contributed by atoms with Crippen molar-refractivity contribution in [2.24, 2.45) is 0 Å². The lowest BCUT2D eigenvalue weighted by Gasteiger charge is -2.15. The number of benzene rings is 2. The highest BCUT2D eigenvalue weighted by Gasteiger charge is 2.31. The van der Waals surface area contributed by atoms with Crippen LogP contribution in [0.25, 0.3) is 11.2 Å². The molecule has 0 saturated heterocycles. The summed E-state index contributed by atoms with van der Waals surface area (Å²) in [6, 6.07) is 8.16. The molecule has 0 fully saturated rings. The van der Waals surface area contributed by atoms with Gasteiger partial charge in [0.25, 0.3) is 0 Å². The van der Waals surface area contributed by atoms with Crippen LogP contribution in [0.1, 0.15) is 23.6 Å². The van der Waals surface area contributed by atoms with Gasteiger partial charge in [-0.1, -0.05) is 19.1 Å². The van der Waals surface area contributed by atoms with E-state index in [1.54, 1.807) is 18.5 Å². The van der Waals surface area contributed by atoms with E-state index in [0.717, 1.165) is 17.7 Å². The van der Waals surface area contributed by atoms with E-state index in [0.29, 0.717) is 41.9 Å². The molecular weight excluding hydrogens is 435 g/mol. The van der Waals surface area contributed by atoms with E-state index in [9.17, 15) is 18.3 Å². The minimum atomic E-state index is -4.48. The van der Waals surface area contributed by atoms with Crippen LogP contribution in [-0.2, 0) is 19.0 Å². The van der Waals surface area contributed by atoms with Crippen LogP contribution in [0.15, 0.2) is 55.1 Å². The molecule has 2 N–H and O–H groups in total. The highest BCUT2D eigenvalue weighted by atomic mass is 19.4. The van der Waals surface area contributed by atoms with Crippen LogP contribution in [0.4, 0.5) is 19.0 Å². The summed E-state index contributed by atoms with van der Waals surface area (Å²) in [5, 5.41) is 13.6. The molecule has 0 aliphatic carbocycles. The van der Waals surface area contributed by atoms with E-state index in [4.69, 9.17) is 4.74 Å². The van der Waals surface area contributed by atoms with Gasteiger partial charge in [0, 0.05) is 18.9 Å².